The molecule has 2 aromatic rings. The molecule has 0 aliphatic rings. The first-order valence-electron chi connectivity index (χ1n) is 6.86. The molecule has 0 spiro atoms. The molecule has 2 rings (SSSR count). The van der Waals surface area contributed by atoms with Crippen LogP contribution in [0.25, 0.3) is 0 Å². The molecular formula is C17H17F2NO. The van der Waals surface area contributed by atoms with Gasteiger partial charge in [0.05, 0.1) is 5.71 Å². The average Bonchev–Trinajstić information content (AvgIpc) is 2.47. The average molecular weight is 289 g/mol. The molecule has 0 radical (unpaired) electrons. The van der Waals surface area contributed by atoms with E-state index >= 15 is 0 Å². The summed E-state index contributed by atoms with van der Waals surface area (Å²) in [5, 5.41) is 12.3. The Labute approximate surface area is 122 Å². The molecule has 0 amide bonds. The van der Waals surface area contributed by atoms with Gasteiger partial charge in [0, 0.05) is 0 Å². The van der Waals surface area contributed by atoms with E-state index < -0.39 is 0 Å². The Kier molecular flexibility index (Phi) is 5.43. The minimum absolute atomic E-state index is 0.269. The van der Waals surface area contributed by atoms with Crippen LogP contribution in [0.2, 0.25) is 0 Å². The highest BCUT2D eigenvalue weighted by atomic mass is 19.1. The molecule has 0 atom stereocenters. The summed E-state index contributed by atoms with van der Waals surface area (Å²) in [7, 11) is 0. The summed E-state index contributed by atoms with van der Waals surface area (Å²) < 4.78 is 26.1. The Balaban J connectivity index is 1.86. The zero-order chi connectivity index (χ0) is 15.1. The summed E-state index contributed by atoms with van der Waals surface area (Å²) in [4.78, 5) is 0. The van der Waals surface area contributed by atoms with E-state index in [2.05, 4.69) is 5.16 Å². The van der Waals surface area contributed by atoms with Crippen LogP contribution in [0.4, 0.5) is 8.78 Å². The molecule has 21 heavy (non-hydrogen) atoms. The predicted molar refractivity (Wildman–Crippen MR) is 78.7 cm³/mol. The van der Waals surface area contributed by atoms with Gasteiger partial charge in [-0.05, 0) is 61.1 Å². The van der Waals surface area contributed by atoms with Gasteiger partial charge in [0.15, 0.2) is 0 Å². The number of nitrogens with zero attached hydrogens (tertiary/aromatic N) is 1. The van der Waals surface area contributed by atoms with Crippen molar-refractivity contribution >= 4 is 5.71 Å². The van der Waals surface area contributed by atoms with Crippen LogP contribution in [0, 0.1) is 11.6 Å². The fourth-order valence-electron chi connectivity index (χ4n) is 2.19. The Morgan fingerprint density at radius 1 is 0.857 bits per heavy atom. The number of rotatable bonds is 6. The Morgan fingerprint density at radius 2 is 1.33 bits per heavy atom. The third kappa shape index (κ3) is 4.99. The maximum Gasteiger partial charge on any atom is 0.123 e. The van der Waals surface area contributed by atoms with Crippen molar-refractivity contribution in [2.45, 2.75) is 25.7 Å². The van der Waals surface area contributed by atoms with Gasteiger partial charge in [-0.15, -0.1) is 0 Å². The molecule has 1 N–H and O–H groups in total. The van der Waals surface area contributed by atoms with E-state index in [4.69, 9.17) is 5.21 Å². The number of oxime groups is 1. The van der Waals surface area contributed by atoms with E-state index in [-0.39, 0.29) is 11.6 Å². The molecule has 0 unspecified atom stereocenters. The van der Waals surface area contributed by atoms with E-state index in [0.717, 1.165) is 11.1 Å². The Morgan fingerprint density at radius 3 is 1.71 bits per heavy atom. The highest BCUT2D eigenvalue weighted by Gasteiger charge is 2.04. The third-order valence-electron chi connectivity index (χ3n) is 3.32. The summed E-state index contributed by atoms with van der Waals surface area (Å²) in [6.07, 6.45) is 2.32. The Bertz CT molecular complexity index is 574. The van der Waals surface area contributed by atoms with Crippen LogP contribution >= 0.6 is 0 Å². The van der Waals surface area contributed by atoms with Gasteiger partial charge in [-0.2, -0.15) is 0 Å². The molecule has 0 aliphatic carbocycles. The summed E-state index contributed by atoms with van der Waals surface area (Å²) in [5.74, 6) is -0.538. The van der Waals surface area contributed by atoms with Gasteiger partial charge in [0.1, 0.15) is 11.6 Å². The van der Waals surface area contributed by atoms with Crippen molar-refractivity contribution < 1.29 is 14.0 Å². The molecule has 2 nitrogen and oxygen atoms in total. The molecule has 0 aliphatic heterocycles. The fraction of sp³-hybridized carbons (Fsp3) is 0.235. The van der Waals surface area contributed by atoms with Gasteiger partial charge in [0.25, 0.3) is 0 Å². The number of benzene rings is 2. The van der Waals surface area contributed by atoms with Gasteiger partial charge >= 0.3 is 0 Å². The van der Waals surface area contributed by atoms with E-state index in [1.165, 1.54) is 24.3 Å². The van der Waals surface area contributed by atoms with Crippen LogP contribution in [-0.4, -0.2) is 10.9 Å². The number of hydrogen-bond acceptors (Lipinski definition) is 2. The normalized spacial score (nSPS) is 10.4. The molecule has 0 saturated heterocycles. The first-order valence-corrected chi connectivity index (χ1v) is 6.86. The second-order valence-corrected chi connectivity index (χ2v) is 4.93. The molecule has 2 aromatic carbocycles. The summed E-state index contributed by atoms with van der Waals surface area (Å²) in [5.41, 5.74) is 2.35. The number of hydrogen-bond donors (Lipinski definition) is 1. The lowest BCUT2D eigenvalue weighted by Crippen LogP contribution is -2.03. The highest BCUT2D eigenvalue weighted by Crippen LogP contribution is 2.11. The van der Waals surface area contributed by atoms with E-state index in [1.807, 2.05) is 12.1 Å². The zero-order valence-electron chi connectivity index (χ0n) is 11.6. The lowest BCUT2D eigenvalue weighted by Gasteiger charge is -2.06. The SMILES string of the molecule is ON=C(CCc1cccc(F)c1)CCc1cccc(F)c1. The topological polar surface area (TPSA) is 32.6 Å². The van der Waals surface area contributed by atoms with E-state index in [9.17, 15) is 8.78 Å². The zero-order valence-corrected chi connectivity index (χ0v) is 11.6. The largest absolute Gasteiger partial charge is 0.411 e. The molecule has 0 aromatic heterocycles. The van der Waals surface area contributed by atoms with Crippen molar-refractivity contribution in [2.24, 2.45) is 5.16 Å². The van der Waals surface area contributed by atoms with Crippen molar-refractivity contribution in [2.75, 3.05) is 0 Å². The molecule has 0 saturated carbocycles. The van der Waals surface area contributed by atoms with Crippen molar-refractivity contribution in [3.63, 3.8) is 0 Å². The van der Waals surface area contributed by atoms with Gasteiger partial charge in [-0.1, -0.05) is 29.4 Å². The molecule has 4 heteroatoms. The summed E-state index contributed by atoms with van der Waals surface area (Å²) in [6, 6.07) is 12.7. The molecular weight excluding hydrogens is 272 g/mol. The molecule has 110 valence electrons. The van der Waals surface area contributed by atoms with Crippen LogP contribution in [-0.2, 0) is 12.8 Å². The molecule has 0 bridgehead atoms. The quantitative estimate of drug-likeness (QED) is 0.478. The monoisotopic (exact) mass is 289 g/mol. The molecule has 0 heterocycles. The summed E-state index contributed by atoms with van der Waals surface area (Å²) in [6.45, 7) is 0. The number of halogens is 2. The van der Waals surface area contributed by atoms with Crippen LogP contribution < -0.4 is 0 Å². The van der Waals surface area contributed by atoms with Crippen molar-refractivity contribution in [3.05, 3.63) is 71.3 Å². The van der Waals surface area contributed by atoms with Crippen molar-refractivity contribution in [3.8, 4) is 0 Å². The lowest BCUT2D eigenvalue weighted by molar-refractivity contribution is 0.316. The second kappa shape index (κ2) is 7.53. The Hall–Kier alpha value is -2.23. The van der Waals surface area contributed by atoms with Gasteiger partial charge in [-0.25, -0.2) is 8.78 Å². The maximum absolute atomic E-state index is 13.1. The number of aryl methyl sites for hydroxylation is 2. The van der Waals surface area contributed by atoms with Gasteiger partial charge in [-0.3, -0.25) is 0 Å². The van der Waals surface area contributed by atoms with Gasteiger partial charge < -0.3 is 5.21 Å². The van der Waals surface area contributed by atoms with E-state index in [1.54, 1.807) is 12.1 Å². The fourth-order valence-corrected chi connectivity index (χ4v) is 2.19. The third-order valence-corrected chi connectivity index (χ3v) is 3.32. The minimum atomic E-state index is -0.269. The smallest absolute Gasteiger partial charge is 0.123 e. The maximum atomic E-state index is 13.1. The van der Waals surface area contributed by atoms with E-state index in [0.29, 0.717) is 31.4 Å². The first kappa shape index (κ1) is 15.2. The highest BCUT2D eigenvalue weighted by molar-refractivity contribution is 5.84. The second-order valence-electron chi connectivity index (χ2n) is 4.93. The van der Waals surface area contributed by atoms with Crippen molar-refractivity contribution in [1.29, 1.82) is 0 Å². The summed E-state index contributed by atoms with van der Waals surface area (Å²) >= 11 is 0. The predicted octanol–water partition coefficient (Wildman–Crippen LogP) is 4.36. The van der Waals surface area contributed by atoms with Crippen LogP contribution in [0.15, 0.2) is 53.7 Å². The van der Waals surface area contributed by atoms with Crippen LogP contribution in [0.3, 0.4) is 0 Å². The van der Waals surface area contributed by atoms with Crippen LogP contribution in [0.5, 0.6) is 0 Å². The lowest BCUT2D eigenvalue weighted by atomic mass is 10.0. The minimum Gasteiger partial charge on any atom is -0.411 e. The standard InChI is InChI=1S/C17H17F2NO/c18-15-5-1-3-13(11-15)7-9-17(20-21)10-8-14-4-2-6-16(19)12-14/h1-6,11-12,21H,7-10H2. The van der Waals surface area contributed by atoms with Crippen LogP contribution in [0.1, 0.15) is 24.0 Å². The molecule has 0 fully saturated rings. The first-order chi connectivity index (χ1) is 10.2. The van der Waals surface area contributed by atoms with Crippen molar-refractivity contribution in [1.82, 2.24) is 0 Å². The van der Waals surface area contributed by atoms with Gasteiger partial charge in [0.2, 0.25) is 0 Å².